The molecule has 0 radical (unpaired) electrons. The normalized spacial score (nSPS) is 12.2. The Kier molecular flexibility index (Phi) is 8.11. The van der Waals surface area contributed by atoms with Crippen LogP contribution in [0, 0.1) is 6.92 Å². The minimum absolute atomic E-state index is 0.768. The quantitative estimate of drug-likeness (QED) is 0.553. The number of nitrogens with one attached hydrogen (secondary N) is 1. The molecular weight excluding hydrogens is 318 g/mol. The zero-order valence-corrected chi connectivity index (χ0v) is 14.6. The lowest BCUT2D eigenvalue weighted by Gasteiger charge is -2.07. The van der Waals surface area contributed by atoms with Gasteiger partial charge in [-0.3, -0.25) is 4.68 Å². The van der Waals surface area contributed by atoms with Crippen LogP contribution in [0.4, 0.5) is 0 Å². The molecule has 0 aromatic carbocycles. The molecule has 1 rings (SSSR count). The maximum Gasteiger partial charge on any atom is 0.0738 e. The Morgan fingerprint density at radius 2 is 2.20 bits per heavy atom. The lowest BCUT2D eigenvalue weighted by molar-refractivity contribution is 0.199. The minimum Gasteiger partial charge on any atom is -0.383 e. The third-order valence-corrected chi connectivity index (χ3v) is 4.23. The average Bonchev–Trinajstić information content (AvgIpc) is 2.70. The Morgan fingerprint density at radius 1 is 1.45 bits per heavy atom. The minimum atomic E-state index is 0.768. The molecule has 4 nitrogen and oxygen atoms in total. The molecule has 0 aliphatic heterocycles. The van der Waals surface area contributed by atoms with Crippen LogP contribution in [0.25, 0.3) is 0 Å². The topological polar surface area (TPSA) is 39.1 Å². The van der Waals surface area contributed by atoms with Crippen molar-refractivity contribution in [1.29, 1.82) is 0 Å². The summed E-state index contributed by atoms with van der Waals surface area (Å²) in [6.45, 7) is 9.94. The molecule has 0 aliphatic rings. The molecule has 1 heterocycles. The largest absolute Gasteiger partial charge is 0.383 e. The lowest BCUT2D eigenvalue weighted by Crippen LogP contribution is -2.19. The van der Waals surface area contributed by atoms with Gasteiger partial charge in [-0.1, -0.05) is 11.6 Å². The van der Waals surface area contributed by atoms with Gasteiger partial charge in [0.2, 0.25) is 0 Å². The van der Waals surface area contributed by atoms with Crippen LogP contribution in [0.2, 0.25) is 0 Å². The Morgan fingerprint density at radius 3 is 2.85 bits per heavy atom. The van der Waals surface area contributed by atoms with Gasteiger partial charge < -0.3 is 10.1 Å². The van der Waals surface area contributed by atoms with E-state index in [1.807, 2.05) is 6.92 Å². The van der Waals surface area contributed by atoms with Gasteiger partial charge in [-0.25, -0.2) is 0 Å². The smallest absolute Gasteiger partial charge is 0.0738 e. The number of allylic oxidation sites excluding steroid dienone is 1. The van der Waals surface area contributed by atoms with Crippen LogP contribution in [0.1, 0.15) is 31.7 Å². The highest BCUT2D eigenvalue weighted by Gasteiger charge is 2.11. The van der Waals surface area contributed by atoms with Crippen molar-refractivity contribution in [2.75, 3.05) is 26.8 Å². The van der Waals surface area contributed by atoms with Crippen molar-refractivity contribution in [2.24, 2.45) is 0 Å². The number of rotatable bonds is 9. The van der Waals surface area contributed by atoms with E-state index in [2.05, 4.69) is 51.0 Å². The zero-order valence-electron chi connectivity index (χ0n) is 13.0. The fourth-order valence-electron chi connectivity index (χ4n) is 2.09. The molecule has 0 spiro atoms. The average molecular weight is 344 g/mol. The predicted molar refractivity (Wildman–Crippen MR) is 87.2 cm³/mol. The van der Waals surface area contributed by atoms with Crippen molar-refractivity contribution in [3.63, 3.8) is 0 Å². The van der Waals surface area contributed by atoms with Crippen LogP contribution >= 0.6 is 15.9 Å². The highest BCUT2D eigenvalue weighted by molar-refractivity contribution is 9.10. The summed E-state index contributed by atoms with van der Waals surface area (Å²) in [6, 6.07) is 0. The molecule has 20 heavy (non-hydrogen) atoms. The van der Waals surface area contributed by atoms with Crippen LogP contribution in [-0.4, -0.2) is 36.6 Å². The first-order chi connectivity index (χ1) is 9.60. The Labute approximate surface area is 130 Å². The van der Waals surface area contributed by atoms with E-state index in [0.29, 0.717) is 0 Å². The van der Waals surface area contributed by atoms with Gasteiger partial charge in [0.05, 0.1) is 22.5 Å². The fourth-order valence-corrected chi connectivity index (χ4v) is 2.52. The van der Waals surface area contributed by atoms with Gasteiger partial charge in [-0.15, -0.1) is 0 Å². The number of ether oxygens (including phenoxy) is 1. The Balaban J connectivity index is 2.47. The van der Waals surface area contributed by atoms with Gasteiger partial charge in [-0.05, 0) is 49.7 Å². The van der Waals surface area contributed by atoms with E-state index in [1.54, 1.807) is 7.11 Å². The first kappa shape index (κ1) is 17.4. The molecule has 0 fully saturated rings. The zero-order chi connectivity index (χ0) is 15.0. The summed E-state index contributed by atoms with van der Waals surface area (Å²) in [6.07, 6.45) is 4.30. The van der Waals surface area contributed by atoms with Gasteiger partial charge in [0.1, 0.15) is 0 Å². The number of halogens is 1. The molecule has 1 N–H and O–H groups in total. The monoisotopic (exact) mass is 343 g/mol. The van der Waals surface area contributed by atoms with Crippen LogP contribution in [0.5, 0.6) is 0 Å². The van der Waals surface area contributed by atoms with E-state index in [1.165, 1.54) is 11.3 Å². The summed E-state index contributed by atoms with van der Waals surface area (Å²) in [4.78, 5) is 0. The molecular formula is C15H26BrN3O. The molecule has 0 bridgehead atoms. The van der Waals surface area contributed by atoms with Crippen LogP contribution in [0.3, 0.4) is 0 Å². The van der Waals surface area contributed by atoms with Gasteiger partial charge in [0.15, 0.2) is 0 Å². The number of aromatic nitrogens is 2. The van der Waals surface area contributed by atoms with Gasteiger partial charge >= 0.3 is 0 Å². The van der Waals surface area contributed by atoms with Crippen molar-refractivity contribution in [3.8, 4) is 0 Å². The van der Waals surface area contributed by atoms with Crippen LogP contribution < -0.4 is 5.32 Å². The summed E-state index contributed by atoms with van der Waals surface area (Å²) >= 11 is 3.64. The predicted octanol–water partition coefficient (Wildman–Crippen LogP) is 3.09. The molecule has 5 heteroatoms. The van der Waals surface area contributed by atoms with E-state index < -0.39 is 0 Å². The Bertz CT molecular complexity index is 441. The second-order valence-corrected chi connectivity index (χ2v) is 5.71. The summed E-state index contributed by atoms with van der Waals surface area (Å²) in [5, 5.41) is 7.88. The maximum absolute atomic E-state index is 5.00. The standard InChI is InChI=1S/C15H26BrN3O/c1-5-19-14(15(16)13(3)18-19)11-12(2)7-6-8-17-9-10-20-4/h7,17H,5-6,8-11H2,1-4H3. The number of hydrogen-bond donors (Lipinski definition) is 1. The number of nitrogens with zero attached hydrogens (tertiary/aromatic N) is 2. The first-order valence-electron chi connectivity index (χ1n) is 7.17. The van der Waals surface area contributed by atoms with Gasteiger partial charge in [-0.2, -0.15) is 5.10 Å². The van der Waals surface area contributed by atoms with E-state index in [9.17, 15) is 0 Å². The molecule has 0 amide bonds. The van der Waals surface area contributed by atoms with Crippen molar-refractivity contribution >= 4 is 15.9 Å². The number of hydrogen-bond acceptors (Lipinski definition) is 3. The van der Waals surface area contributed by atoms with Crippen molar-refractivity contribution < 1.29 is 4.74 Å². The van der Waals surface area contributed by atoms with Crippen molar-refractivity contribution in [1.82, 2.24) is 15.1 Å². The molecule has 0 unspecified atom stereocenters. The molecule has 0 saturated carbocycles. The van der Waals surface area contributed by atoms with Crippen molar-refractivity contribution in [2.45, 2.75) is 40.2 Å². The SMILES string of the molecule is CCn1nc(C)c(Br)c1CC(C)=CCCNCCOC. The summed E-state index contributed by atoms with van der Waals surface area (Å²) in [5.41, 5.74) is 3.72. The van der Waals surface area contributed by atoms with Crippen molar-refractivity contribution in [3.05, 3.63) is 27.5 Å². The van der Waals surface area contributed by atoms with Crippen LogP contribution in [-0.2, 0) is 17.7 Å². The molecule has 1 aromatic heterocycles. The molecule has 0 saturated heterocycles. The van der Waals surface area contributed by atoms with E-state index in [0.717, 1.165) is 49.2 Å². The fraction of sp³-hybridized carbons (Fsp3) is 0.667. The van der Waals surface area contributed by atoms with Gasteiger partial charge in [0, 0.05) is 26.6 Å². The summed E-state index contributed by atoms with van der Waals surface area (Å²) < 4.78 is 8.22. The van der Waals surface area contributed by atoms with Gasteiger partial charge in [0.25, 0.3) is 0 Å². The molecule has 1 aromatic rings. The maximum atomic E-state index is 5.00. The number of methoxy groups -OCH3 is 1. The summed E-state index contributed by atoms with van der Waals surface area (Å²) in [5.74, 6) is 0. The summed E-state index contributed by atoms with van der Waals surface area (Å²) in [7, 11) is 1.72. The molecule has 0 atom stereocenters. The van der Waals surface area contributed by atoms with E-state index in [4.69, 9.17) is 4.74 Å². The number of aryl methyl sites for hydroxylation is 2. The highest BCUT2D eigenvalue weighted by Crippen LogP contribution is 2.23. The third-order valence-electron chi connectivity index (χ3n) is 3.20. The van der Waals surface area contributed by atoms with E-state index >= 15 is 0 Å². The first-order valence-corrected chi connectivity index (χ1v) is 7.96. The lowest BCUT2D eigenvalue weighted by atomic mass is 10.1. The molecule has 114 valence electrons. The third kappa shape index (κ3) is 5.38. The van der Waals surface area contributed by atoms with E-state index in [-0.39, 0.29) is 0 Å². The molecule has 0 aliphatic carbocycles. The second-order valence-electron chi connectivity index (χ2n) is 4.92. The highest BCUT2D eigenvalue weighted by atomic mass is 79.9. The Hall–Kier alpha value is -0.650. The van der Waals surface area contributed by atoms with Crippen LogP contribution in [0.15, 0.2) is 16.1 Å². The second kappa shape index (κ2) is 9.32.